The van der Waals surface area contributed by atoms with E-state index in [9.17, 15) is 18.3 Å². The van der Waals surface area contributed by atoms with Crippen LogP contribution in [0.5, 0.6) is 5.75 Å². The molecular weight excluding hydrogens is 308 g/mol. The van der Waals surface area contributed by atoms with Crippen LogP contribution in [0.25, 0.3) is 11.0 Å². The van der Waals surface area contributed by atoms with E-state index in [2.05, 4.69) is 9.71 Å². The molecule has 8 heteroatoms. The minimum Gasteiger partial charge on any atom is -0.504 e. The van der Waals surface area contributed by atoms with Gasteiger partial charge in [0.05, 0.1) is 4.90 Å². The molecule has 3 rings (SSSR count). The molecule has 112 valence electrons. The Morgan fingerprint density at radius 2 is 1.95 bits per heavy atom. The van der Waals surface area contributed by atoms with Crippen LogP contribution in [0.1, 0.15) is 0 Å². The molecule has 0 aliphatic carbocycles. The number of sulfonamides is 1. The smallest absolute Gasteiger partial charge is 0.336 e. The number of fused-ring (bicyclic) bond motifs is 1. The first kappa shape index (κ1) is 14.1. The highest BCUT2D eigenvalue weighted by Gasteiger charge is 2.17. The monoisotopic (exact) mass is 318 g/mol. The van der Waals surface area contributed by atoms with Gasteiger partial charge >= 0.3 is 5.63 Å². The lowest BCUT2D eigenvalue weighted by atomic mass is 10.2. The van der Waals surface area contributed by atoms with Crippen molar-refractivity contribution in [3.05, 3.63) is 59.1 Å². The Morgan fingerprint density at radius 3 is 2.73 bits per heavy atom. The van der Waals surface area contributed by atoms with Crippen molar-refractivity contribution >= 4 is 26.8 Å². The number of aromatic nitrogens is 1. The average Bonchev–Trinajstić information content (AvgIpc) is 2.49. The molecule has 0 aliphatic rings. The second-order valence-corrected chi connectivity index (χ2v) is 6.11. The predicted octanol–water partition coefficient (Wildman–Crippen LogP) is 1.69. The Bertz CT molecular complexity index is 1010. The lowest BCUT2D eigenvalue weighted by molar-refractivity contribution is 0.475. The van der Waals surface area contributed by atoms with Crippen molar-refractivity contribution in [2.75, 3.05) is 4.72 Å². The fraction of sp³-hybridized carbons (Fsp3) is 0. The topological polar surface area (TPSA) is 110 Å². The molecule has 3 aromatic rings. The van der Waals surface area contributed by atoms with Crippen molar-refractivity contribution in [2.45, 2.75) is 4.90 Å². The Kier molecular flexibility index (Phi) is 3.30. The van der Waals surface area contributed by atoms with E-state index in [0.717, 1.165) is 0 Å². The SMILES string of the molecule is O=c1ccc2cc(S(=O)(=O)Nc3ncccc3O)ccc2o1. The van der Waals surface area contributed by atoms with E-state index in [0.29, 0.717) is 5.39 Å². The fourth-order valence-corrected chi connectivity index (χ4v) is 2.94. The van der Waals surface area contributed by atoms with Crippen LogP contribution in [0, 0.1) is 0 Å². The maximum atomic E-state index is 12.3. The third kappa shape index (κ3) is 2.63. The molecule has 22 heavy (non-hydrogen) atoms. The fourth-order valence-electron chi connectivity index (χ4n) is 1.88. The van der Waals surface area contributed by atoms with Gasteiger partial charge in [-0.1, -0.05) is 0 Å². The van der Waals surface area contributed by atoms with Gasteiger partial charge in [-0.15, -0.1) is 0 Å². The largest absolute Gasteiger partial charge is 0.504 e. The van der Waals surface area contributed by atoms with E-state index in [4.69, 9.17) is 4.42 Å². The number of hydrogen-bond acceptors (Lipinski definition) is 6. The number of nitrogens with zero attached hydrogens (tertiary/aromatic N) is 1. The summed E-state index contributed by atoms with van der Waals surface area (Å²) < 4.78 is 31.8. The zero-order chi connectivity index (χ0) is 15.7. The van der Waals surface area contributed by atoms with Crippen molar-refractivity contribution in [2.24, 2.45) is 0 Å². The molecule has 0 atom stereocenters. The standard InChI is InChI=1S/C14H10N2O5S/c17-11-2-1-7-15-14(11)16-22(19,20)10-4-5-12-9(8-10)3-6-13(18)21-12/h1-8,17H,(H,15,16). The maximum absolute atomic E-state index is 12.3. The molecular formula is C14H10N2O5S. The summed E-state index contributed by atoms with van der Waals surface area (Å²) in [6.07, 6.45) is 1.35. The summed E-state index contributed by atoms with van der Waals surface area (Å²) in [4.78, 5) is 14.8. The quantitative estimate of drug-likeness (QED) is 0.711. The number of anilines is 1. The van der Waals surface area contributed by atoms with Gasteiger partial charge in [-0.3, -0.25) is 4.72 Å². The molecule has 0 spiro atoms. The first-order valence-corrected chi connectivity index (χ1v) is 7.65. The molecule has 7 nitrogen and oxygen atoms in total. The van der Waals surface area contributed by atoms with Gasteiger partial charge in [0, 0.05) is 17.6 Å². The average molecular weight is 318 g/mol. The molecule has 0 aliphatic heterocycles. The van der Waals surface area contributed by atoms with Gasteiger partial charge in [0.15, 0.2) is 11.6 Å². The molecule has 0 radical (unpaired) electrons. The van der Waals surface area contributed by atoms with Crippen molar-refractivity contribution in [3.8, 4) is 5.75 Å². The first-order valence-electron chi connectivity index (χ1n) is 6.16. The highest BCUT2D eigenvalue weighted by Crippen LogP contribution is 2.24. The summed E-state index contributed by atoms with van der Waals surface area (Å²) in [6, 6.07) is 9.53. The van der Waals surface area contributed by atoms with Gasteiger partial charge in [0.2, 0.25) is 0 Å². The molecule has 0 amide bonds. The van der Waals surface area contributed by atoms with Gasteiger partial charge in [-0.2, -0.15) is 0 Å². The highest BCUT2D eigenvalue weighted by molar-refractivity contribution is 7.92. The normalized spacial score (nSPS) is 11.5. The summed E-state index contributed by atoms with van der Waals surface area (Å²) in [5, 5.41) is 10.0. The van der Waals surface area contributed by atoms with E-state index in [1.54, 1.807) is 0 Å². The van der Waals surface area contributed by atoms with Gasteiger partial charge in [0.1, 0.15) is 5.58 Å². The van der Waals surface area contributed by atoms with Crippen LogP contribution in [0.15, 0.2) is 62.8 Å². The van der Waals surface area contributed by atoms with E-state index in [1.165, 1.54) is 48.7 Å². The van der Waals surface area contributed by atoms with Gasteiger partial charge in [-0.25, -0.2) is 18.2 Å². The van der Waals surface area contributed by atoms with E-state index < -0.39 is 15.6 Å². The van der Waals surface area contributed by atoms with Crippen LogP contribution in [0.2, 0.25) is 0 Å². The van der Waals surface area contributed by atoms with Crippen molar-refractivity contribution in [1.29, 1.82) is 0 Å². The number of benzene rings is 1. The molecule has 1 aromatic carbocycles. The predicted molar refractivity (Wildman–Crippen MR) is 79.2 cm³/mol. The zero-order valence-electron chi connectivity index (χ0n) is 11.1. The Balaban J connectivity index is 2.04. The second kappa shape index (κ2) is 5.15. The third-order valence-corrected chi connectivity index (χ3v) is 4.26. The van der Waals surface area contributed by atoms with Crippen LogP contribution in [-0.4, -0.2) is 18.5 Å². The second-order valence-electron chi connectivity index (χ2n) is 4.43. The molecule has 2 N–H and O–H groups in total. The number of aromatic hydroxyl groups is 1. The van der Waals surface area contributed by atoms with Gasteiger partial charge in [0.25, 0.3) is 10.0 Å². The highest BCUT2D eigenvalue weighted by atomic mass is 32.2. The summed E-state index contributed by atoms with van der Waals surface area (Å²) in [5.41, 5.74) is -0.230. The molecule has 0 saturated heterocycles. The zero-order valence-corrected chi connectivity index (χ0v) is 11.9. The van der Waals surface area contributed by atoms with Gasteiger partial charge in [-0.05, 0) is 36.4 Å². The van der Waals surface area contributed by atoms with Crippen molar-refractivity contribution in [1.82, 2.24) is 4.98 Å². The van der Waals surface area contributed by atoms with E-state index >= 15 is 0 Å². The van der Waals surface area contributed by atoms with Crippen LogP contribution < -0.4 is 10.3 Å². The Morgan fingerprint density at radius 1 is 1.14 bits per heavy atom. The minimum absolute atomic E-state index is 0.0427. The molecule has 0 unspecified atom stereocenters. The van der Waals surface area contributed by atoms with Crippen LogP contribution in [-0.2, 0) is 10.0 Å². The number of pyridine rings is 1. The molecule has 0 bridgehead atoms. The van der Waals surface area contributed by atoms with Crippen molar-refractivity contribution in [3.63, 3.8) is 0 Å². The maximum Gasteiger partial charge on any atom is 0.336 e. The molecule has 2 aromatic heterocycles. The Hall–Kier alpha value is -2.87. The Labute approximate surface area is 124 Å². The number of rotatable bonds is 3. The molecule has 0 saturated carbocycles. The van der Waals surface area contributed by atoms with Crippen LogP contribution in [0.4, 0.5) is 5.82 Å². The van der Waals surface area contributed by atoms with E-state index in [-0.39, 0.29) is 22.0 Å². The lowest BCUT2D eigenvalue weighted by Gasteiger charge is -2.08. The van der Waals surface area contributed by atoms with Crippen LogP contribution >= 0.6 is 0 Å². The number of nitrogens with one attached hydrogen (secondary N) is 1. The molecule has 2 heterocycles. The third-order valence-electron chi connectivity index (χ3n) is 2.92. The summed E-state index contributed by atoms with van der Waals surface area (Å²) in [5.74, 6) is -0.444. The summed E-state index contributed by atoms with van der Waals surface area (Å²) >= 11 is 0. The van der Waals surface area contributed by atoms with Crippen molar-refractivity contribution < 1.29 is 17.9 Å². The van der Waals surface area contributed by atoms with Crippen LogP contribution in [0.3, 0.4) is 0 Å². The first-order chi connectivity index (χ1) is 10.5. The van der Waals surface area contributed by atoms with Gasteiger partial charge < -0.3 is 9.52 Å². The lowest BCUT2D eigenvalue weighted by Crippen LogP contribution is -2.14. The number of hydrogen-bond donors (Lipinski definition) is 2. The van der Waals surface area contributed by atoms with E-state index in [1.807, 2.05) is 0 Å². The minimum atomic E-state index is -3.93. The summed E-state index contributed by atoms with van der Waals surface area (Å²) in [7, 11) is -3.93. The summed E-state index contributed by atoms with van der Waals surface area (Å²) in [6.45, 7) is 0. The molecule has 0 fully saturated rings.